The highest BCUT2D eigenvalue weighted by atomic mass is 16.2. The molecule has 0 aromatic carbocycles. The average Bonchev–Trinajstić information content (AvgIpc) is 2.31. The molecule has 1 aromatic heterocycles. The standard InChI is InChI=1S/C10H14N4O/c15-10(14-7-2-1-3-8-14)12-9-5-4-6-11-13-9/h4-6H,1-3,7-8H2,(H,12,13,15). The lowest BCUT2D eigenvalue weighted by Gasteiger charge is -2.26. The lowest BCUT2D eigenvalue weighted by molar-refractivity contribution is 0.200. The summed E-state index contributed by atoms with van der Waals surface area (Å²) in [6.45, 7) is 1.68. The Morgan fingerprint density at radius 1 is 1.33 bits per heavy atom. The molecule has 1 fully saturated rings. The molecule has 2 amide bonds. The molecule has 0 atom stereocenters. The second kappa shape index (κ2) is 4.72. The lowest BCUT2D eigenvalue weighted by atomic mass is 10.1. The van der Waals surface area contributed by atoms with E-state index in [4.69, 9.17) is 0 Å². The molecule has 1 aliphatic rings. The zero-order valence-electron chi connectivity index (χ0n) is 8.52. The third kappa shape index (κ3) is 2.65. The van der Waals surface area contributed by atoms with Gasteiger partial charge < -0.3 is 4.90 Å². The maximum Gasteiger partial charge on any atom is 0.323 e. The maximum atomic E-state index is 11.7. The van der Waals surface area contributed by atoms with Crippen molar-refractivity contribution in [1.82, 2.24) is 15.1 Å². The van der Waals surface area contributed by atoms with E-state index in [-0.39, 0.29) is 6.03 Å². The van der Waals surface area contributed by atoms with Crippen LogP contribution in [0.15, 0.2) is 18.3 Å². The van der Waals surface area contributed by atoms with Gasteiger partial charge in [-0.05, 0) is 31.4 Å². The Hall–Kier alpha value is -1.65. The summed E-state index contributed by atoms with van der Waals surface area (Å²) in [6.07, 6.45) is 4.98. The van der Waals surface area contributed by atoms with E-state index in [9.17, 15) is 4.79 Å². The van der Waals surface area contributed by atoms with Crippen LogP contribution in [-0.2, 0) is 0 Å². The summed E-state index contributed by atoms with van der Waals surface area (Å²) >= 11 is 0. The summed E-state index contributed by atoms with van der Waals surface area (Å²) < 4.78 is 0. The predicted octanol–water partition coefficient (Wildman–Crippen LogP) is 1.49. The second-order valence-electron chi connectivity index (χ2n) is 3.59. The molecule has 1 aliphatic heterocycles. The van der Waals surface area contributed by atoms with Crippen LogP contribution in [0.2, 0.25) is 0 Å². The highest BCUT2D eigenvalue weighted by Gasteiger charge is 2.16. The molecular formula is C10H14N4O. The number of likely N-dealkylation sites (tertiary alicyclic amines) is 1. The number of urea groups is 1. The average molecular weight is 206 g/mol. The SMILES string of the molecule is O=C(Nc1cccnn1)N1CCCCC1. The van der Waals surface area contributed by atoms with Crippen LogP contribution >= 0.6 is 0 Å². The van der Waals surface area contributed by atoms with E-state index in [0.717, 1.165) is 25.9 Å². The Morgan fingerprint density at radius 2 is 2.13 bits per heavy atom. The first-order valence-electron chi connectivity index (χ1n) is 5.20. The fourth-order valence-electron chi connectivity index (χ4n) is 1.65. The van der Waals surface area contributed by atoms with Gasteiger partial charge in [0.25, 0.3) is 0 Å². The van der Waals surface area contributed by atoms with E-state index in [1.54, 1.807) is 18.3 Å². The van der Waals surface area contributed by atoms with Crippen LogP contribution in [0.5, 0.6) is 0 Å². The molecule has 1 saturated heterocycles. The number of anilines is 1. The Bertz CT molecular complexity index is 321. The second-order valence-corrected chi connectivity index (χ2v) is 3.59. The molecule has 5 nitrogen and oxygen atoms in total. The molecule has 0 spiro atoms. The molecule has 15 heavy (non-hydrogen) atoms. The number of carbonyl (C=O) groups excluding carboxylic acids is 1. The van der Waals surface area contributed by atoms with Gasteiger partial charge in [-0.15, -0.1) is 5.10 Å². The molecule has 2 heterocycles. The first-order valence-corrected chi connectivity index (χ1v) is 5.20. The normalized spacial score (nSPS) is 16.1. The number of hydrogen-bond donors (Lipinski definition) is 1. The van der Waals surface area contributed by atoms with Crippen molar-refractivity contribution in [2.24, 2.45) is 0 Å². The summed E-state index contributed by atoms with van der Waals surface area (Å²) in [5.74, 6) is 0.507. The van der Waals surface area contributed by atoms with Gasteiger partial charge in [0.05, 0.1) is 0 Å². The number of hydrogen-bond acceptors (Lipinski definition) is 3. The number of rotatable bonds is 1. The minimum absolute atomic E-state index is 0.0739. The van der Waals surface area contributed by atoms with Crippen molar-refractivity contribution in [2.45, 2.75) is 19.3 Å². The maximum absolute atomic E-state index is 11.7. The Kier molecular flexibility index (Phi) is 3.11. The zero-order chi connectivity index (χ0) is 10.5. The Morgan fingerprint density at radius 3 is 2.80 bits per heavy atom. The van der Waals surface area contributed by atoms with Gasteiger partial charge in [-0.1, -0.05) is 0 Å². The summed E-state index contributed by atoms with van der Waals surface area (Å²) in [6, 6.07) is 3.41. The molecule has 0 aliphatic carbocycles. The van der Waals surface area contributed by atoms with Gasteiger partial charge in [-0.2, -0.15) is 5.10 Å². The molecule has 1 aromatic rings. The molecule has 80 valence electrons. The smallest absolute Gasteiger partial charge is 0.323 e. The van der Waals surface area contributed by atoms with E-state index >= 15 is 0 Å². The largest absolute Gasteiger partial charge is 0.325 e. The van der Waals surface area contributed by atoms with Gasteiger partial charge in [0, 0.05) is 19.3 Å². The Balaban J connectivity index is 1.91. The number of carbonyl (C=O) groups is 1. The number of amides is 2. The van der Waals surface area contributed by atoms with Gasteiger partial charge in [0.1, 0.15) is 0 Å². The van der Waals surface area contributed by atoms with Gasteiger partial charge in [-0.3, -0.25) is 5.32 Å². The number of piperidine rings is 1. The van der Waals surface area contributed by atoms with Crippen molar-refractivity contribution in [3.05, 3.63) is 18.3 Å². The monoisotopic (exact) mass is 206 g/mol. The molecule has 5 heteroatoms. The van der Waals surface area contributed by atoms with Gasteiger partial charge in [0.2, 0.25) is 0 Å². The van der Waals surface area contributed by atoms with E-state index in [2.05, 4.69) is 15.5 Å². The van der Waals surface area contributed by atoms with Crippen LogP contribution in [-0.4, -0.2) is 34.2 Å². The van der Waals surface area contributed by atoms with Crippen LogP contribution in [0, 0.1) is 0 Å². The van der Waals surface area contributed by atoms with E-state index in [1.165, 1.54) is 6.42 Å². The van der Waals surface area contributed by atoms with Crippen molar-refractivity contribution in [3.63, 3.8) is 0 Å². The van der Waals surface area contributed by atoms with Crippen LogP contribution in [0.3, 0.4) is 0 Å². The first-order chi connectivity index (χ1) is 7.36. The summed E-state index contributed by atoms with van der Waals surface area (Å²) in [4.78, 5) is 13.5. The number of nitrogens with zero attached hydrogens (tertiary/aromatic N) is 3. The molecule has 0 bridgehead atoms. The van der Waals surface area contributed by atoms with Crippen molar-refractivity contribution < 1.29 is 4.79 Å². The minimum Gasteiger partial charge on any atom is -0.325 e. The zero-order valence-corrected chi connectivity index (χ0v) is 8.52. The van der Waals surface area contributed by atoms with E-state index in [0.29, 0.717) is 5.82 Å². The third-order valence-electron chi connectivity index (χ3n) is 2.45. The molecular weight excluding hydrogens is 192 g/mol. The number of aromatic nitrogens is 2. The fourth-order valence-corrected chi connectivity index (χ4v) is 1.65. The summed E-state index contributed by atoms with van der Waals surface area (Å²) in [5.41, 5.74) is 0. The van der Waals surface area contributed by atoms with Crippen molar-refractivity contribution in [3.8, 4) is 0 Å². The minimum atomic E-state index is -0.0739. The summed E-state index contributed by atoms with van der Waals surface area (Å²) in [5, 5.41) is 10.2. The molecule has 0 unspecified atom stereocenters. The van der Waals surface area contributed by atoms with E-state index in [1.807, 2.05) is 4.90 Å². The van der Waals surface area contributed by atoms with Crippen LogP contribution in [0.25, 0.3) is 0 Å². The van der Waals surface area contributed by atoms with Crippen LogP contribution < -0.4 is 5.32 Å². The highest BCUT2D eigenvalue weighted by molar-refractivity contribution is 5.88. The van der Waals surface area contributed by atoms with E-state index < -0.39 is 0 Å². The van der Waals surface area contributed by atoms with Crippen molar-refractivity contribution in [2.75, 3.05) is 18.4 Å². The lowest BCUT2D eigenvalue weighted by Crippen LogP contribution is -2.38. The van der Waals surface area contributed by atoms with Gasteiger partial charge >= 0.3 is 6.03 Å². The molecule has 2 rings (SSSR count). The van der Waals surface area contributed by atoms with Gasteiger partial charge in [0.15, 0.2) is 5.82 Å². The molecule has 0 saturated carbocycles. The van der Waals surface area contributed by atoms with Crippen molar-refractivity contribution in [1.29, 1.82) is 0 Å². The van der Waals surface area contributed by atoms with Crippen molar-refractivity contribution >= 4 is 11.8 Å². The third-order valence-corrected chi connectivity index (χ3v) is 2.45. The van der Waals surface area contributed by atoms with Gasteiger partial charge in [-0.25, -0.2) is 4.79 Å². The predicted molar refractivity (Wildman–Crippen MR) is 56.5 cm³/mol. The fraction of sp³-hybridized carbons (Fsp3) is 0.500. The quantitative estimate of drug-likeness (QED) is 0.757. The number of nitrogens with one attached hydrogen (secondary N) is 1. The first kappa shape index (κ1) is 9.89. The van der Waals surface area contributed by atoms with Crippen LogP contribution in [0.1, 0.15) is 19.3 Å². The highest BCUT2D eigenvalue weighted by Crippen LogP contribution is 2.10. The summed E-state index contributed by atoms with van der Waals surface area (Å²) in [7, 11) is 0. The van der Waals surface area contributed by atoms with Crippen LogP contribution in [0.4, 0.5) is 10.6 Å². The Labute approximate surface area is 88.5 Å². The topological polar surface area (TPSA) is 58.1 Å². The molecule has 0 radical (unpaired) electrons. The molecule has 1 N–H and O–H groups in total.